The quantitative estimate of drug-likeness (QED) is 0.267. The van der Waals surface area contributed by atoms with Gasteiger partial charge in [-0.05, 0) is 49.6 Å². The van der Waals surface area contributed by atoms with Crippen LogP contribution in [-0.2, 0) is 32.7 Å². The second-order valence-electron chi connectivity index (χ2n) is 9.28. The number of rotatable bonds is 8. The van der Waals surface area contributed by atoms with E-state index in [1.165, 1.54) is 10.5 Å². The molecule has 0 bridgehead atoms. The molecular weight excluding hydrogens is 504 g/mol. The van der Waals surface area contributed by atoms with Crippen LogP contribution in [0.25, 0.3) is 0 Å². The lowest BCUT2D eigenvalue weighted by Crippen LogP contribution is -2.41. The average molecular weight is 537 g/mol. The molecule has 2 aromatic carbocycles. The topological polar surface area (TPSA) is 112 Å². The number of nitrogens with zero attached hydrogens (tertiary/aromatic N) is 3. The van der Waals surface area contributed by atoms with Crippen molar-refractivity contribution < 1.29 is 22.4 Å². The van der Waals surface area contributed by atoms with Crippen LogP contribution in [0.1, 0.15) is 48.3 Å². The molecule has 1 saturated heterocycles. The molecule has 10 heteroatoms. The summed E-state index contributed by atoms with van der Waals surface area (Å²) in [4.78, 5) is 26.3. The Morgan fingerprint density at radius 1 is 0.947 bits per heavy atom. The van der Waals surface area contributed by atoms with Gasteiger partial charge in [-0.1, -0.05) is 60.9 Å². The van der Waals surface area contributed by atoms with Gasteiger partial charge in [0, 0.05) is 19.6 Å². The van der Waals surface area contributed by atoms with E-state index < -0.39 is 21.8 Å². The van der Waals surface area contributed by atoms with Gasteiger partial charge in [-0.25, -0.2) is 13.8 Å². The third kappa shape index (κ3) is 7.17. The van der Waals surface area contributed by atoms with Gasteiger partial charge in [0.15, 0.2) is 0 Å². The first-order chi connectivity index (χ1) is 18.3. The minimum Gasteiger partial charge on any atom is -0.459 e. The molecule has 2 heterocycles. The Hall–Kier alpha value is -3.76. The first-order valence-corrected chi connectivity index (χ1v) is 14.1. The van der Waals surface area contributed by atoms with Crippen LogP contribution in [0.2, 0.25) is 0 Å². The number of furan rings is 1. The van der Waals surface area contributed by atoms with Crippen LogP contribution >= 0.6 is 0 Å². The fraction of sp³-hybridized carbons (Fsp3) is 0.321. The normalized spacial score (nSPS) is 14.5. The number of sulfonamides is 1. The highest BCUT2D eigenvalue weighted by Crippen LogP contribution is 2.22. The van der Waals surface area contributed by atoms with E-state index in [4.69, 9.17) is 4.42 Å². The van der Waals surface area contributed by atoms with Gasteiger partial charge in [-0.15, -0.1) is 0 Å². The fourth-order valence-electron chi connectivity index (χ4n) is 4.21. The van der Waals surface area contributed by atoms with E-state index in [1.54, 1.807) is 41.3 Å². The summed E-state index contributed by atoms with van der Waals surface area (Å²) in [6.45, 7) is 3.21. The number of aryl methyl sites for hydroxylation is 1. The number of hydrogen-bond donors (Lipinski definition) is 1. The molecule has 2 amide bonds. The molecule has 1 aromatic heterocycles. The summed E-state index contributed by atoms with van der Waals surface area (Å²) >= 11 is 0. The number of benzene rings is 2. The number of hydrogen-bond acceptors (Lipinski definition) is 6. The van der Waals surface area contributed by atoms with Crippen molar-refractivity contribution in [1.82, 2.24) is 14.6 Å². The van der Waals surface area contributed by atoms with Gasteiger partial charge < -0.3 is 9.32 Å². The van der Waals surface area contributed by atoms with Crippen LogP contribution in [0, 0.1) is 6.92 Å². The third-order valence-electron chi connectivity index (χ3n) is 6.32. The van der Waals surface area contributed by atoms with Gasteiger partial charge in [0.1, 0.15) is 11.5 Å². The average Bonchev–Trinajstić information content (AvgIpc) is 3.18. The summed E-state index contributed by atoms with van der Waals surface area (Å²) in [5.74, 6) is -0.671. The van der Waals surface area contributed by atoms with Crippen LogP contribution in [0.5, 0.6) is 0 Å². The Labute approximate surface area is 223 Å². The highest BCUT2D eigenvalue weighted by Gasteiger charge is 2.26. The van der Waals surface area contributed by atoms with Crippen LogP contribution in [0.3, 0.4) is 0 Å². The van der Waals surface area contributed by atoms with E-state index in [1.807, 2.05) is 37.3 Å². The van der Waals surface area contributed by atoms with Gasteiger partial charge in [0.2, 0.25) is 10.0 Å². The summed E-state index contributed by atoms with van der Waals surface area (Å²) in [6, 6.07) is 19.3. The molecule has 0 atom stereocenters. The minimum absolute atomic E-state index is 0.00124. The number of carbonyl (C=O) groups is 2. The SMILES string of the molecule is Cc1ccc(S(=O)(=O)N(Cc2ccccc2)Cc2ccc(/C=N/NC(=O)C(=O)N3CCCCCC3)o2)cc1. The van der Waals surface area contributed by atoms with Crippen molar-refractivity contribution in [3.8, 4) is 0 Å². The maximum absolute atomic E-state index is 13.5. The second-order valence-corrected chi connectivity index (χ2v) is 11.2. The summed E-state index contributed by atoms with van der Waals surface area (Å²) in [7, 11) is -3.82. The molecule has 38 heavy (non-hydrogen) atoms. The standard InChI is InChI=1S/C28H32N4O5S/c1-22-11-15-26(16-12-22)38(35,36)32(20-23-9-5-4-6-10-23)21-25-14-13-24(37-25)19-29-30-27(33)28(34)31-17-7-2-3-8-18-31/h4-6,9-16,19H,2-3,7-8,17-18,20-21H2,1H3,(H,30,33)/b29-19+. The van der Waals surface area contributed by atoms with E-state index in [2.05, 4.69) is 10.5 Å². The van der Waals surface area contributed by atoms with E-state index in [9.17, 15) is 18.0 Å². The van der Waals surface area contributed by atoms with Crippen molar-refractivity contribution in [1.29, 1.82) is 0 Å². The van der Waals surface area contributed by atoms with Crippen molar-refractivity contribution in [3.05, 3.63) is 89.4 Å². The summed E-state index contributed by atoms with van der Waals surface area (Å²) in [5, 5.41) is 3.85. The van der Waals surface area contributed by atoms with E-state index in [-0.39, 0.29) is 18.0 Å². The molecule has 1 N–H and O–H groups in total. The molecule has 1 fully saturated rings. The van der Waals surface area contributed by atoms with Crippen molar-refractivity contribution >= 4 is 28.1 Å². The number of likely N-dealkylation sites (tertiary alicyclic amines) is 1. The smallest absolute Gasteiger partial charge is 0.329 e. The Morgan fingerprint density at radius 3 is 2.32 bits per heavy atom. The molecule has 0 spiro atoms. The largest absolute Gasteiger partial charge is 0.459 e. The second kappa shape index (κ2) is 12.7. The van der Waals surface area contributed by atoms with Crippen LogP contribution in [0.15, 0.2) is 81.1 Å². The molecule has 4 rings (SSSR count). The molecule has 0 aliphatic carbocycles. The Morgan fingerprint density at radius 2 is 1.63 bits per heavy atom. The zero-order valence-electron chi connectivity index (χ0n) is 21.4. The van der Waals surface area contributed by atoms with Crippen molar-refractivity contribution in [2.45, 2.75) is 50.6 Å². The number of amides is 2. The van der Waals surface area contributed by atoms with Crippen LogP contribution in [-0.4, -0.2) is 48.7 Å². The van der Waals surface area contributed by atoms with E-state index >= 15 is 0 Å². The van der Waals surface area contributed by atoms with Gasteiger partial charge in [-0.3, -0.25) is 9.59 Å². The first-order valence-electron chi connectivity index (χ1n) is 12.6. The Kier molecular flexibility index (Phi) is 9.09. The molecule has 200 valence electrons. The summed E-state index contributed by atoms with van der Waals surface area (Å²) in [5.41, 5.74) is 4.06. The van der Waals surface area contributed by atoms with Crippen LogP contribution < -0.4 is 5.43 Å². The van der Waals surface area contributed by atoms with Gasteiger partial charge in [-0.2, -0.15) is 9.41 Å². The molecular formula is C28H32N4O5S. The maximum Gasteiger partial charge on any atom is 0.329 e. The summed E-state index contributed by atoms with van der Waals surface area (Å²) in [6.07, 6.45) is 5.17. The van der Waals surface area contributed by atoms with Gasteiger partial charge >= 0.3 is 11.8 Å². The monoisotopic (exact) mass is 536 g/mol. The summed E-state index contributed by atoms with van der Waals surface area (Å²) < 4.78 is 34.1. The molecule has 9 nitrogen and oxygen atoms in total. The fourth-order valence-corrected chi connectivity index (χ4v) is 5.61. The number of nitrogens with one attached hydrogen (secondary N) is 1. The van der Waals surface area contributed by atoms with E-state index in [0.29, 0.717) is 24.6 Å². The molecule has 0 radical (unpaired) electrons. The minimum atomic E-state index is -3.82. The van der Waals surface area contributed by atoms with Gasteiger partial charge in [0.25, 0.3) is 0 Å². The molecule has 0 unspecified atom stereocenters. The lowest BCUT2D eigenvalue weighted by molar-refractivity contribution is -0.145. The highest BCUT2D eigenvalue weighted by atomic mass is 32.2. The molecule has 1 aliphatic heterocycles. The number of carbonyl (C=O) groups excluding carboxylic acids is 2. The maximum atomic E-state index is 13.5. The van der Waals surface area contributed by atoms with Gasteiger partial charge in [0.05, 0.1) is 17.7 Å². The lowest BCUT2D eigenvalue weighted by atomic mass is 10.2. The van der Waals surface area contributed by atoms with E-state index in [0.717, 1.165) is 36.8 Å². The Balaban J connectivity index is 1.44. The number of hydrazone groups is 1. The zero-order chi connectivity index (χ0) is 27.0. The van der Waals surface area contributed by atoms with Crippen molar-refractivity contribution in [2.75, 3.05) is 13.1 Å². The first kappa shape index (κ1) is 27.3. The van der Waals surface area contributed by atoms with Crippen LogP contribution in [0.4, 0.5) is 0 Å². The molecule has 1 aliphatic rings. The molecule has 3 aromatic rings. The van der Waals surface area contributed by atoms with Crippen molar-refractivity contribution in [3.63, 3.8) is 0 Å². The Bertz CT molecular complexity index is 1360. The highest BCUT2D eigenvalue weighted by molar-refractivity contribution is 7.89. The lowest BCUT2D eigenvalue weighted by Gasteiger charge is -2.21. The third-order valence-corrected chi connectivity index (χ3v) is 8.13. The predicted molar refractivity (Wildman–Crippen MR) is 144 cm³/mol. The molecule has 0 saturated carbocycles. The zero-order valence-corrected chi connectivity index (χ0v) is 22.2. The predicted octanol–water partition coefficient (Wildman–Crippen LogP) is 3.83. The van der Waals surface area contributed by atoms with Crippen molar-refractivity contribution in [2.24, 2.45) is 5.10 Å².